The van der Waals surface area contributed by atoms with E-state index in [1.165, 1.54) is 12.1 Å². The Kier molecular flexibility index (Phi) is 4.33. The molecule has 0 bridgehead atoms. The molecule has 4 nitrogen and oxygen atoms in total. The highest BCUT2D eigenvalue weighted by atomic mass is 19.4. The monoisotopic (exact) mass is 248 g/mol. The highest BCUT2D eigenvalue weighted by molar-refractivity contribution is 5.96. The summed E-state index contributed by atoms with van der Waals surface area (Å²) in [5.74, 6) is -0.0623. The molecule has 0 fully saturated rings. The second kappa shape index (κ2) is 5.53. The summed E-state index contributed by atoms with van der Waals surface area (Å²) in [6.07, 6.45) is -4.33. The Morgan fingerprint density at radius 2 is 1.88 bits per heavy atom. The van der Waals surface area contributed by atoms with Crippen molar-refractivity contribution < 1.29 is 23.1 Å². The molecule has 0 spiro atoms. The summed E-state index contributed by atoms with van der Waals surface area (Å²) >= 11 is 0. The van der Waals surface area contributed by atoms with Crippen molar-refractivity contribution in [1.82, 2.24) is 0 Å². The van der Waals surface area contributed by atoms with E-state index in [4.69, 9.17) is 10.9 Å². The molecule has 0 aromatic heterocycles. The predicted molar refractivity (Wildman–Crippen MR) is 54.7 cm³/mol. The fourth-order valence-electron chi connectivity index (χ4n) is 1.11. The SMILES string of the molecule is N/C(=N\O)c1ccc(COCC(F)(F)F)cc1. The van der Waals surface area contributed by atoms with Crippen LogP contribution in [0.4, 0.5) is 13.2 Å². The molecule has 17 heavy (non-hydrogen) atoms. The van der Waals surface area contributed by atoms with E-state index in [0.29, 0.717) is 11.1 Å². The number of halogens is 3. The first-order valence-corrected chi connectivity index (χ1v) is 4.64. The van der Waals surface area contributed by atoms with Gasteiger partial charge in [-0.05, 0) is 5.56 Å². The van der Waals surface area contributed by atoms with Gasteiger partial charge in [-0.1, -0.05) is 29.4 Å². The number of amidine groups is 1. The maximum atomic E-state index is 11.8. The Bertz CT molecular complexity index is 388. The van der Waals surface area contributed by atoms with E-state index in [9.17, 15) is 13.2 Å². The molecule has 0 aliphatic rings. The number of oxime groups is 1. The predicted octanol–water partition coefficient (Wildman–Crippen LogP) is 1.86. The zero-order valence-electron chi connectivity index (χ0n) is 8.74. The van der Waals surface area contributed by atoms with Gasteiger partial charge >= 0.3 is 6.18 Å². The molecule has 0 unspecified atom stereocenters. The quantitative estimate of drug-likeness (QED) is 0.370. The fraction of sp³-hybridized carbons (Fsp3) is 0.300. The Morgan fingerprint density at radius 1 is 1.29 bits per heavy atom. The molecule has 0 heterocycles. The van der Waals surface area contributed by atoms with Gasteiger partial charge in [-0.2, -0.15) is 13.2 Å². The van der Waals surface area contributed by atoms with Crippen molar-refractivity contribution in [3.63, 3.8) is 0 Å². The Hall–Kier alpha value is -1.76. The standard InChI is InChI=1S/C10H11F3N2O2/c11-10(12,13)6-17-5-7-1-3-8(4-2-7)9(14)15-16/h1-4,16H,5-6H2,(H2,14,15). The molecule has 0 radical (unpaired) electrons. The Balaban J connectivity index is 2.52. The van der Waals surface area contributed by atoms with Crippen LogP contribution >= 0.6 is 0 Å². The van der Waals surface area contributed by atoms with E-state index in [1.807, 2.05) is 0 Å². The van der Waals surface area contributed by atoms with Crippen molar-refractivity contribution >= 4 is 5.84 Å². The van der Waals surface area contributed by atoms with E-state index < -0.39 is 12.8 Å². The van der Waals surface area contributed by atoms with Gasteiger partial charge in [0.1, 0.15) is 6.61 Å². The molecule has 0 saturated heterocycles. The lowest BCUT2D eigenvalue weighted by atomic mass is 10.1. The average Bonchev–Trinajstić information content (AvgIpc) is 2.27. The van der Waals surface area contributed by atoms with E-state index in [1.54, 1.807) is 12.1 Å². The first kappa shape index (κ1) is 13.3. The molecule has 0 saturated carbocycles. The van der Waals surface area contributed by atoms with E-state index in [-0.39, 0.29) is 12.4 Å². The molecule has 1 aromatic rings. The summed E-state index contributed by atoms with van der Waals surface area (Å²) in [4.78, 5) is 0. The van der Waals surface area contributed by atoms with Crippen LogP contribution in [0.5, 0.6) is 0 Å². The van der Waals surface area contributed by atoms with Crippen LogP contribution in [0, 0.1) is 0 Å². The normalized spacial score (nSPS) is 12.8. The molecule has 0 atom stereocenters. The number of benzene rings is 1. The third-order valence-electron chi connectivity index (χ3n) is 1.89. The zero-order chi connectivity index (χ0) is 12.9. The molecule has 1 rings (SSSR count). The third kappa shape index (κ3) is 4.73. The smallest absolute Gasteiger partial charge is 0.409 e. The van der Waals surface area contributed by atoms with Crippen molar-refractivity contribution in [3.05, 3.63) is 35.4 Å². The third-order valence-corrected chi connectivity index (χ3v) is 1.89. The number of nitrogens with two attached hydrogens (primary N) is 1. The maximum absolute atomic E-state index is 11.8. The molecule has 0 aliphatic heterocycles. The van der Waals surface area contributed by atoms with Gasteiger partial charge < -0.3 is 15.7 Å². The highest BCUT2D eigenvalue weighted by Crippen LogP contribution is 2.15. The first-order valence-electron chi connectivity index (χ1n) is 4.64. The maximum Gasteiger partial charge on any atom is 0.411 e. The minimum absolute atomic E-state index is 0.0623. The molecule has 0 aliphatic carbocycles. The molecule has 1 aromatic carbocycles. The van der Waals surface area contributed by atoms with Crippen LogP contribution in [0.25, 0.3) is 0 Å². The van der Waals surface area contributed by atoms with Crippen molar-refractivity contribution in [2.75, 3.05) is 6.61 Å². The van der Waals surface area contributed by atoms with Gasteiger partial charge in [0.05, 0.1) is 6.61 Å². The average molecular weight is 248 g/mol. The van der Waals surface area contributed by atoms with Gasteiger partial charge in [-0.25, -0.2) is 0 Å². The molecular weight excluding hydrogens is 237 g/mol. The van der Waals surface area contributed by atoms with Crippen LogP contribution in [0.15, 0.2) is 29.4 Å². The van der Waals surface area contributed by atoms with Gasteiger partial charge in [0.15, 0.2) is 5.84 Å². The lowest BCUT2D eigenvalue weighted by Gasteiger charge is -2.07. The Labute approximate surface area is 95.5 Å². The summed E-state index contributed by atoms with van der Waals surface area (Å²) in [5.41, 5.74) is 6.37. The van der Waals surface area contributed by atoms with Gasteiger partial charge in [0, 0.05) is 5.56 Å². The summed E-state index contributed by atoms with van der Waals surface area (Å²) < 4.78 is 39.8. The van der Waals surface area contributed by atoms with Crippen LogP contribution in [-0.4, -0.2) is 23.8 Å². The second-order valence-corrected chi connectivity index (χ2v) is 3.29. The minimum atomic E-state index is -4.33. The minimum Gasteiger partial charge on any atom is -0.409 e. The lowest BCUT2D eigenvalue weighted by Crippen LogP contribution is -2.16. The van der Waals surface area contributed by atoms with Crippen LogP contribution in [0.1, 0.15) is 11.1 Å². The second-order valence-electron chi connectivity index (χ2n) is 3.29. The lowest BCUT2D eigenvalue weighted by molar-refractivity contribution is -0.176. The van der Waals surface area contributed by atoms with Crippen LogP contribution in [-0.2, 0) is 11.3 Å². The van der Waals surface area contributed by atoms with E-state index >= 15 is 0 Å². The van der Waals surface area contributed by atoms with Gasteiger partial charge in [-0.3, -0.25) is 0 Å². The summed E-state index contributed by atoms with van der Waals surface area (Å²) in [7, 11) is 0. The summed E-state index contributed by atoms with van der Waals surface area (Å²) in [6, 6.07) is 6.15. The Morgan fingerprint density at radius 3 is 2.35 bits per heavy atom. The van der Waals surface area contributed by atoms with Crippen LogP contribution < -0.4 is 5.73 Å². The van der Waals surface area contributed by atoms with Gasteiger partial charge in [0.2, 0.25) is 0 Å². The van der Waals surface area contributed by atoms with Crippen LogP contribution in [0.2, 0.25) is 0 Å². The fourth-order valence-corrected chi connectivity index (χ4v) is 1.11. The molecule has 3 N–H and O–H groups in total. The van der Waals surface area contributed by atoms with E-state index in [2.05, 4.69) is 9.89 Å². The largest absolute Gasteiger partial charge is 0.411 e. The summed E-state index contributed by atoms with van der Waals surface area (Å²) in [5, 5.41) is 11.2. The van der Waals surface area contributed by atoms with Crippen molar-refractivity contribution in [2.24, 2.45) is 10.9 Å². The number of rotatable bonds is 4. The summed E-state index contributed by atoms with van der Waals surface area (Å²) in [6.45, 7) is -1.43. The highest BCUT2D eigenvalue weighted by Gasteiger charge is 2.27. The van der Waals surface area contributed by atoms with Gasteiger partial charge in [0.25, 0.3) is 0 Å². The molecule has 94 valence electrons. The van der Waals surface area contributed by atoms with Crippen LogP contribution in [0.3, 0.4) is 0 Å². The zero-order valence-corrected chi connectivity index (χ0v) is 8.74. The number of nitrogens with zero attached hydrogens (tertiary/aromatic N) is 1. The van der Waals surface area contributed by atoms with E-state index in [0.717, 1.165) is 0 Å². The number of alkyl halides is 3. The molecular formula is C10H11F3N2O2. The van der Waals surface area contributed by atoms with Crippen molar-refractivity contribution in [1.29, 1.82) is 0 Å². The van der Waals surface area contributed by atoms with Crippen molar-refractivity contribution in [2.45, 2.75) is 12.8 Å². The van der Waals surface area contributed by atoms with Gasteiger partial charge in [-0.15, -0.1) is 0 Å². The van der Waals surface area contributed by atoms with Crippen molar-refractivity contribution in [3.8, 4) is 0 Å². The molecule has 0 amide bonds. The number of hydrogen-bond acceptors (Lipinski definition) is 3. The number of ether oxygens (including phenoxy) is 1. The first-order chi connectivity index (χ1) is 7.92. The topological polar surface area (TPSA) is 67.8 Å². The molecule has 7 heteroatoms. The number of hydrogen-bond donors (Lipinski definition) is 2.